The fraction of sp³-hybridized carbons (Fsp3) is 0.0952. The number of halogens is 1. The van der Waals surface area contributed by atoms with E-state index in [1.165, 1.54) is 0 Å². The molecule has 0 fully saturated rings. The number of ether oxygens (including phenoxy) is 2. The summed E-state index contributed by atoms with van der Waals surface area (Å²) in [7, 11) is 0. The lowest BCUT2D eigenvalue weighted by molar-refractivity contribution is 0.146. The Morgan fingerprint density at radius 3 is 2.62 bits per heavy atom. The van der Waals surface area contributed by atoms with Crippen LogP contribution in [0.15, 0.2) is 72.8 Å². The minimum atomic E-state index is -0.447. The number of rotatable bonds is 2. The minimum absolute atomic E-state index is 0.203. The zero-order valence-corrected chi connectivity index (χ0v) is 14.6. The molecule has 0 saturated heterocycles. The van der Waals surface area contributed by atoms with Crippen LogP contribution in [0.4, 0.5) is 10.5 Å². The second-order valence-electron chi connectivity index (χ2n) is 5.95. The van der Waals surface area contributed by atoms with Gasteiger partial charge in [-0.3, -0.25) is 4.90 Å². The van der Waals surface area contributed by atoms with Gasteiger partial charge in [-0.25, -0.2) is 4.79 Å². The van der Waals surface area contributed by atoms with Gasteiger partial charge in [0.15, 0.2) is 5.75 Å². The van der Waals surface area contributed by atoms with Crippen LogP contribution in [0.2, 0.25) is 5.02 Å². The Bertz CT molecular complexity index is 943. The standard InChI is InChI=1S/C21H16ClNO3/c22-17-10-11-20-18(12-17)23(13-16-8-4-5-9-19(16)26-20)21(24)25-14-15-6-2-1-3-7-15/h1-12H,13-14H2. The van der Waals surface area contributed by atoms with Gasteiger partial charge in [0.25, 0.3) is 0 Å². The summed E-state index contributed by atoms with van der Waals surface area (Å²) in [6.07, 6.45) is -0.447. The van der Waals surface area contributed by atoms with Crippen molar-refractivity contribution in [3.05, 3.63) is 88.9 Å². The first-order chi connectivity index (χ1) is 12.7. The van der Waals surface area contributed by atoms with Gasteiger partial charge >= 0.3 is 6.09 Å². The van der Waals surface area contributed by atoms with Gasteiger partial charge in [-0.1, -0.05) is 60.1 Å². The molecule has 1 aliphatic rings. The molecule has 130 valence electrons. The lowest BCUT2D eigenvalue weighted by Gasteiger charge is -2.21. The number of para-hydroxylation sites is 1. The van der Waals surface area contributed by atoms with Crippen LogP contribution in [-0.2, 0) is 17.9 Å². The molecule has 0 atom stereocenters. The number of carbonyl (C=O) groups excluding carboxylic acids is 1. The van der Waals surface area contributed by atoms with E-state index in [1.807, 2.05) is 54.6 Å². The maximum absolute atomic E-state index is 12.8. The maximum Gasteiger partial charge on any atom is 0.415 e. The van der Waals surface area contributed by atoms with Gasteiger partial charge in [-0.2, -0.15) is 0 Å². The van der Waals surface area contributed by atoms with Crippen LogP contribution in [0.1, 0.15) is 11.1 Å². The average Bonchev–Trinajstić information content (AvgIpc) is 2.83. The first kappa shape index (κ1) is 16.5. The smallest absolute Gasteiger partial charge is 0.415 e. The van der Waals surface area contributed by atoms with Crippen molar-refractivity contribution in [2.45, 2.75) is 13.2 Å². The molecule has 26 heavy (non-hydrogen) atoms. The van der Waals surface area contributed by atoms with E-state index in [4.69, 9.17) is 21.1 Å². The summed E-state index contributed by atoms with van der Waals surface area (Å²) in [4.78, 5) is 14.4. The van der Waals surface area contributed by atoms with Crippen LogP contribution in [-0.4, -0.2) is 6.09 Å². The van der Waals surface area contributed by atoms with Gasteiger partial charge in [0.1, 0.15) is 12.4 Å². The van der Waals surface area contributed by atoms with E-state index in [0.29, 0.717) is 23.0 Å². The predicted molar refractivity (Wildman–Crippen MR) is 101 cm³/mol. The van der Waals surface area contributed by atoms with Crippen molar-refractivity contribution in [3.63, 3.8) is 0 Å². The molecule has 1 aliphatic heterocycles. The van der Waals surface area contributed by atoms with Gasteiger partial charge < -0.3 is 9.47 Å². The Kier molecular flexibility index (Phi) is 4.50. The van der Waals surface area contributed by atoms with Crippen LogP contribution in [0, 0.1) is 0 Å². The molecule has 0 bridgehead atoms. The third-order valence-electron chi connectivity index (χ3n) is 4.16. The Hall–Kier alpha value is -2.98. The molecule has 4 nitrogen and oxygen atoms in total. The summed E-state index contributed by atoms with van der Waals surface area (Å²) in [6.45, 7) is 0.547. The number of amides is 1. The highest BCUT2D eigenvalue weighted by molar-refractivity contribution is 6.31. The van der Waals surface area contributed by atoms with Crippen molar-refractivity contribution < 1.29 is 14.3 Å². The maximum atomic E-state index is 12.8. The zero-order valence-electron chi connectivity index (χ0n) is 13.9. The van der Waals surface area contributed by atoms with E-state index in [2.05, 4.69) is 0 Å². The van der Waals surface area contributed by atoms with E-state index >= 15 is 0 Å². The minimum Gasteiger partial charge on any atom is -0.455 e. The number of fused-ring (bicyclic) bond motifs is 2. The fourth-order valence-electron chi connectivity index (χ4n) is 2.86. The van der Waals surface area contributed by atoms with Crippen LogP contribution in [0.3, 0.4) is 0 Å². The Morgan fingerprint density at radius 1 is 1.00 bits per heavy atom. The second-order valence-corrected chi connectivity index (χ2v) is 6.38. The highest BCUT2D eigenvalue weighted by atomic mass is 35.5. The number of nitrogens with zero attached hydrogens (tertiary/aromatic N) is 1. The average molecular weight is 366 g/mol. The summed E-state index contributed by atoms with van der Waals surface area (Å²) in [5, 5.41) is 0.527. The van der Waals surface area contributed by atoms with E-state index in [9.17, 15) is 4.79 Å². The molecule has 4 rings (SSSR count). The van der Waals surface area contributed by atoms with Crippen LogP contribution in [0.25, 0.3) is 0 Å². The third-order valence-corrected chi connectivity index (χ3v) is 4.39. The second kappa shape index (κ2) is 7.10. The van der Waals surface area contributed by atoms with Crippen molar-refractivity contribution >= 4 is 23.4 Å². The largest absolute Gasteiger partial charge is 0.455 e. The SMILES string of the molecule is O=C(OCc1ccccc1)N1Cc2ccccc2Oc2ccc(Cl)cc21. The summed E-state index contributed by atoms with van der Waals surface area (Å²) >= 11 is 6.15. The summed E-state index contributed by atoms with van der Waals surface area (Å²) in [5.41, 5.74) is 2.42. The van der Waals surface area contributed by atoms with E-state index < -0.39 is 6.09 Å². The summed E-state index contributed by atoms with van der Waals surface area (Å²) < 4.78 is 11.5. The first-order valence-corrected chi connectivity index (χ1v) is 8.62. The van der Waals surface area contributed by atoms with E-state index in [-0.39, 0.29) is 6.61 Å². The molecule has 0 saturated carbocycles. The molecule has 3 aromatic carbocycles. The van der Waals surface area contributed by atoms with Crippen molar-refractivity contribution in [2.24, 2.45) is 0 Å². The number of anilines is 1. The first-order valence-electron chi connectivity index (χ1n) is 8.24. The zero-order chi connectivity index (χ0) is 17.9. The predicted octanol–water partition coefficient (Wildman–Crippen LogP) is 5.79. The van der Waals surface area contributed by atoms with Crippen molar-refractivity contribution in [3.8, 4) is 11.5 Å². The molecule has 0 aliphatic carbocycles. The quantitative estimate of drug-likeness (QED) is 0.577. The van der Waals surface area contributed by atoms with E-state index in [0.717, 1.165) is 16.9 Å². The molecule has 3 aromatic rings. The highest BCUT2D eigenvalue weighted by Gasteiger charge is 2.26. The molecule has 0 unspecified atom stereocenters. The lowest BCUT2D eigenvalue weighted by atomic mass is 10.2. The lowest BCUT2D eigenvalue weighted by Crippen LogP contribution is -2.30. The molecule has 0 radical (unpaired) electrons. The van der Waals surface area contributed by atoms with Crippen LogP contribution in [0.5, 0.6) is 11.5 Å². The number of hydrogen-bond acceptors (Lipinski definition) is 3. The Balaban J connectivity index is 1.65. The van der Waals surface area contributed by atoms with E-state index in [1.54, 1.807) is 23.1 Å². The molecule has 5 heteroatoms. The molecule has 1 heterocycles. The van der Waals surface area contributed by atoms with Gasteiger partial charge in [-0.15, -0.1) is 0 Å². The molecule has 0 spiro atoms. The van der Waals surface area contributed by atoms with Crippen LogP contribution >= 0.6 is 11.6 Å². The third kappa shape index (κ3) is 3.37. The molecule has 0 aromatic heterocycles. The topological polar surface area (TPSA) is 38.8 Å². The molecule has 0 N–H and O–H groups in total. The summed E-state index contributed by atoms with van der Waals surface area (Å²) in [5.74, 6) is 1.28. The Labute approximate surface area is 156 Å². The van der Waals surface area contributed by atoms with Gasteiger partial charge in [0.2, 0.25) is 0 Å². The monoisotopic (exact) mass is 365 g/mol. The van der Waals surface area contributed by atoms with Crippen LogP contribution < -0.4 is 9.64 Å². The number of benzene rings is 3. The summed E-state index contributed by atoms with van der Waals surface area (Å²) in [6, 6.07) is 22.4. The van der Waals surface area contributed by atoms with Gasteiger partial charge in [-0.05, 0) is 29.8 Å². The Morgan fingerprint density at radius 2 is 1.77 bits per heavy atom. The fourth-order valence-corrected chi connectivity index (χ4v) is 3.02. The van der Waals surface area contributed by atoms with Gasteiger partial charge in [0, 0.05) is 10.6 Å². The molecular weight excluding hydrogens is 350 g/mol. The molecular formula is C21H16ClNO3. The van der Waals surface area contributed by atoms with Crippen molar-refractivity contribution in [1.82, 2.24) is 0 Å². The highest BCUT2D eigenvalue weighted by Crippen LogP contribution is 2.40. The number of carbonyl (C=O) groups is 1. The normalized spacial score (nSPS) is 12.4. The molecule has 1 amide bonds. The number of hydrogen-bond donors (Lipinski definition) is 0. The van der Waals surface area contributed by atoms with Crippen molar-refractivity contribution in [2.75, 3.05) is 4.90 Å². The van der Waals surface area contributed by atoms with Gasteiger partial charge in [0.05, 0.1) is 12.2 Å². The van der Waals surface area contributed by atoms with Crippen molar-refractivity contribution in [1.29, 1.82) is 0 Å².